The number of carbonyl (C=O) groups excluding carboxylic acids is 2. The fraction of sp³-hybridized carbons (Fsp3) is 0.679. The molecule has 0 fully saturated rings. The third-order valence-corrected chi connectivity index (χ3v) is 16.7. The number of unbranched alkanes of at least 4 members (excludes halogenated alkanes) is 32. The van der Waals surface area contributed by atoms with Crippen LogP contribution in [0.4, 0.5) is 0 Å². The predicted molar refractivity (Wildman–Crippen MR) is 394 cm³/mol. The third kappa shape index (κ3) is 74.8. The molecule has 0 bridgehead atoms. The van der Waals surface area contributed by atoms with E-state index in [1.54, 1.807) is 0 Å². The molecule has 0 heterocycles. The van der Waals surface area contributed by atoms with Gasteiger partial charge < -0.3 is 20.1 Å². The van der Waals surface area contributed by atoms with Crippen LogP contribution in [0.5, 0.6) is 0 Å². The highest BCUT2D eigenvalue weighted by molar-refractivity contribution is 7.47. The van der Waals surface area contributed by atoms with Gasteiger partial charge in [-0.15, -0.1) is 0 Å². The quantitative estimate of drug-likeness (QED) is 0.0264. The van der Waals surface area contributed by atoms with E-state index in [1.807, 2.05) is 0 Å². The topological polar surface area (TPSA) is 134 Å². The zero-order valence-corrected chi connectivity index (χ0v) is 59.4. The molecule has 2 atom stereocenters. The van der Waals surface area contributed by atoms with E-state index < -0.39 is 26.5 Å². The second kappa shape index (κ2) is 74.9. The summed E-state index contributed by atoms with van der Waals surface area (Å²) in [6.45, 7) is 3.62. The Balaban J connectivity index is 3.93. The van der Waals surface area contributed by atoms with Gasteiger partial charge in [-0.05, 0) is 122 Å². The maximum atomic E-state index is 12.8. The number of rotatable bonds is 69. The minimum Gasteiger partial charge on any atom is -0.462 e. The van der Waals surface area contributed by atoms with Crippen molar-refractivity contribution in [2.75, 3.05) is 26.4 Å². The van der Waals surface area contributed by atoms with E-state index in [9.17, 15) is 19.0 Å². The monoisotopic (exact) mass is 1280 g/mol. The Morgan fingerprint density at radius 2 is 0.604 bits per heavy atom. The van der Waals surface area contributed by atoms with E-state index >= 15 is 0 Å². The summed E-state index contributed by atoms with van der Waals surface area (Å²) >= 11 is 0. The summed E-state index contributed by atoms with van der Waals surface area (Å²) in [6, 6.07) is 0. The van der Waals surface area contributed by atoms with Crippen molar-refractivity contribution < 1.29 is 37.6 Å². The first-order valence-corrected chi connectivity index (χ1v) is 38.8. The summed E-state index contributed by atoms with van der Waals surface area (Å²) in [5, 5.41) is 0. The van der Waals surface area contributed by atoms with Gasteiger partial charge in [-0.25, -0.2) is 4.57 Å². The van der Waals surface area contributed by atoms with E-state index in [-0.39, 0.29) is 38.6 Å². The molecule has 2 unspecified atom stereocenters. The van der Waals surface area contributed by atoms with Crippen molar-refractivity contribution in [3.63, 3.8) is 0 Å². The lowest BCUT2D eigenvalue weighted by Crippen LogP contribution is -2.29. The molecule has 0 spiro atoms. The van der Waals surface area contributed by atoms with Crippen LogP contribution in [0.15, 0.2) is 146 Å². The molecule has 0 aliphatic heterocycles. The fourth-order valence-corrected chi connectivity index (χ4v) is 11.0. The minimum absolute atomic E-state index is 0.0450. The van der Waals surface area contributed by atoms with Gasteiger partial charge in [-0.1, -0.05) is 333 Å². The van der Waals surface area contributed by atoms with Gasteiger partial charge in [0.15, 0.2) is 6.10 Å². The molecular formula is C81H138NO8P. The number of phosphoric acid groups is 1. The normalized spacial score (nSPS) is 13.8. The van der Waals surface area contributed by atoms with Crippen molar-refractivity contribution in [2.45, 2.75) is 328 Å². The van der Waals surface area contributed by atoms with Gasteiger partial charge in [0.2, 0.25) is 0 Å². The van der Waals surface area contributed by atoms with Crippen LogP contribution in [0.3, 0.4) is 0 Å². The van der Waals surface area contributed by atoms with Gasteiger partial charge >= 0.3 is 19.8 Å². The van der Waals surface area contributed by atoms with Crippen molar-refractivity contribution in [1.29, 1.82) is 0 Å². The molecule has 0 aromatic heterocycles. The fourth-order valence-electron chi connectivity index (χ4n) is 10.2. The van der Waals surface area contributed by atoms with E-state index in [2.05, 4.69) is 160 Å². The Hall–Kier alpha value is -4.11. The van der Waals surface area contributed by atoms with Crippen molar-refractivity contribution in [2.24, 2.45) is 5.73 Å². The van der Waals surface area contributed by atoms with E-state index in [0.29, 0.717) is 6.42 Å². The number of hydrogen-bond acceptors (Lipinski definition) is 8. The lowest BCUT2D eigenvalue weighted by molar-refractivity contribution is -0.161. The average molecular weight is 1280 g/mol. The SMILES string of the molecule is CC/C=C\C/C=C\C/C=C\C/C=C\C/C=C\C/C=C\C/C=C\C/C=C\C/C=C\C/C=C\CCCCCCCCC(=O)OC(COC(=O)CCCCCCCCCCCCCCCCCCCCCCC/C=C\C/C=C\CCCCCCC)COP(=O)(O)OCCN. The van der Waals surface area contributed by atoms with Gasteiger partial charge in [0.05, 0.1) is 13.2 Å². The van der Waals surface area contributed by atoms with Gasteiger partial charge in [0.25, 0.3) is 0 Å². The Bertz CT molecular complexity index is 2010. The van der Waals surface area contributed by atoms with Crippen LogP contribution in [0.1, 0.15) is 322 Å². The van der Waals surface area contributed by atoms with Crippen LogP contribution >= 0.6 is 7.82 Å². The second-order valence-corrected chi connectivity index (χ2v) is 25.9. The lowest BCUT2D eigenvalue weighted by atomic mass is 10.0. The molecule has 10 heteroatoms. The molecular weight excluding hydrogens is 1150 g/mol. The number of nitrogens with two attached hydrogens (primary N) is 1. The Labute approximate surface area is 560 Å². The van der Waals surface area contributed by atoms with Crippen LogP contribution in [0.25, 0.3) is 0 Å². The van der Waals surface area contributed by atoms with Crippen molar-refractivity contribution in [3.8, 4) is 0 Å². The molecule has 0 radical (unpaired) electrons. The highest BCUT2D eigenvalue weighted by Crippen LogP contribution is 2.43. The maximum Gasteiger partial charge on any atom is 0.472 e. The van der Waals surface area contributed by atoms with Gasteiger partial charge in [-0.3, -0.25) is 18.6 Å². The summed E-state index contributed by atoms with van der Waals surface area (Å²) in [5.41, 5.74) is 5.41. The number of carbonyl (C=O) groups is 2. The first-order valence-electron chi connectivity index (χ1n) is 37.3. The maximum absolute atomic E-state index is 12.8. The number of ether oxygens (including phenoxy) is 2. The summed E-state index contributed by atoms with van der Waals surface area (Å²) in [7, 11) is -4.41. The summed E-state index contributed by atoms with van der Waals surface area (Å²) < 4.78 is 33.2. The molecule has 0 aliphatic rings. The highest BCUT2D eigenvalue weighted by Gasteiger charge is 2.26. The number of esters is 2. The second-order valence-electron chi connectivity index (χ2n) is 24.4. The predicted octanol–water partition coefficient (Wildman–Crippen LogP) is 25.0. The van der Waals surface area contributed by atoms with E-state index in [1.165, 1.54) is 161 Å². The van der Waals surface area contributed by atoms with Gasteiger partial charge in [0.1, 0.15) is 6.61 Å². The third-order valence-electron chi connectivity index (χ3n) is 15.7. The first-order chi connectivity index (χ1) is 44.8. The molecule has 0 amide bonds. The number of hydrogen-bond donors (Lipinski definition) is 2. The summed E-state index contributed by atoms with van der Waals surface area (Å²) in [4.78, 5) is 35.4. The van der Waals surface area contributed by atoms with Crippen LogP contribution in [-0.4, -0.2) is 49.3 Å². The van der Waals surface area contributed by atoms with Gasteiger partial charge in [0, 0.05) is 19.4 Å². The largest absolute Gasteiger partial charge is 0.472 e. The molecule has 9 nitrogen and oxygen atoms in total. The molecule has 520 valence electrons. The zero-order chi connectivity index (χ0) is 65.8. The van der Waals surface area contributed by atoms with Crippen molar-refractivity contribution in [3.05, 3.63) is 146 Å². The van der Waals surface area contributed by atoms with Crippen LogP contribution in [0.2, 0.25) is 0 Å². The van der Waals surface area contributed by atoms with Crippen LogP contribution < -0.4 is 5.73 Å². The Morgan fingerprint density at radius 1 is 0.341 bits per heavy atom. The molecule has 3 N–H and O–H groups in total. The average Bonchev–Trinajstić information content (AvgIpc) is 3.74. The minimum atomic E-state index is -4.41. The van der Waals surface area contributed by atoms with Gasteiger partial charge in [-0.2, -0.15) is 0 Å². The van der Waals surface area contributed by atoms with Crippen LogP contribution in [0, 0.1) is 0 Å². The molecule has 0 saturated heterocycles. The molecule has 0 rings (SSSR count). The lowest BCUT2D eigenvalue weighted by Gasteiger charge is -2.19. The van der Waals surface area contributed by atoms with Crippen LogP contribution in [-0.2, 0) is 32.7 Å². The highest BCUT2D eigenvalue weighted by atomic mass is 31.2. The Morgan fingerprint density at radius 3 is 0.901 bits per heavy atom. The molecule has 0 aromatic rings. The zero-order valence-electron chi connectivity index (χ0n) is 58.5. The van der Waals surface area contributed by atoms with Crippen molar-refractivity contribution >= 4 is 19.8 Å². The molecule has 0 aliphatic carbocycles. The molecule has 0 saturated carbocycles. The Kier molecular flexibility index (Phi) is 71.5. The summed E-state index contributed by atoms with van der Waals surface area (Å²) in [6.07, 6.45) is 108. The van der Waals surface area contributed by atoms with Crippen molar-refractivity contribution in [1.82, 2.24) is 0 Å². The summed E-state index contributed by atoms with van der Waals surface area (Å²) in [5.74, 6) is -0.842. The standard InChI is InChI=1S/C81H138NO8P/c1-3-5-7-9-11-13-15-17-19-21-23-25-27-29-31-33-35-37-38-39-40-42-44-46-48-50-52-54-56-58-60-62-64-66-68-70-72-74-81(84)90-79(78-89-91(85,86)88-76-75-82)77-87-80(83)73-71-69-67-65-63-61-59-57-55-53-51-49-47-45-43-41-36-34-32-30-28-26-24-22-20-18-16-14-12-10-8-6-4-2/h5,7,11,13,16-19,22-25,29,31,35,37,39-40,44,46,50,52,56,58,79H,3-4,6,8-10,12,14-15,20-21,26-28,30,32-34,36,38,41-43,45,47-49,51,53-55,57,59-78,82H2,1-2H3,(H,85,86)/b7-5-,13-11-,18-16-,19-17-,24-22-,25-23-,31-29-,37-35-,40-39-,46-44-,52-50-,58-56-. The molecule has 91 heavy (non-hydrogen) atoms. The smallest absolute Gasteiger partial charge is 0.462 e. The van der Waals surface area contributed by atoms with E-state index in [0.717, 1.165) is 128 Å². The number of phosphoric ester groups is 1. The number of allylic oxidation sites excluding steroid dienone is 24. The molecule has 0 aromatic carbocycles. The first kappa shape index (κ1) is 86.9. The van der Waals surface area contributed by atoms with E-state index in [4.69, 9.17) is 24.3 Å².